The van der Waals surface area contributed by atoms with Crippen LogP contribution >= 0.6 is 0 Å². The van der Waals surface area contributed by atoms with Gasteiger partial charge in [0.1, 0.15) is 23.4 Å². The molecule has 2 N–H and O–H groups in total. The second kappa shape index (κ2) is 9.66. The number of anilines is 1. The van der Waals surface area contributed by atoms with Gasteiger partial charge in [0, 0.05) is 17.2 Å². The molecular formula is C33H29N7O2. The normalized spacial score (nSPS) is 11.8. The molecule has 0 fully saturated rings. The first-order valence-electron chi connectivity index (χ1n) is 13.9. The number of hydrogen-bond donors (Lipinski definition) is 1. The number of hydrogen-bond acceptors (Lipinski definition) is 7. The molecule has 0 spiro atoms. The number of aryl methyl sites for hydroxylation is 2. The van der Waals surface area contributed by atoms with Gasteiger partial charge in [-0.25, -0.2) is 19.6 Å². The van der Waals surface area contributed by atoms with Crippen molar-refractivity contribution in [3.8, 4) is 16.9 Å². The third kappa shape index (κ3) is 4.04. The molecule has 42 heavy (non-hydrogen) atoms. The Morgan fingerprint density at radius 3 is 2.55 bits per heavy atom. The highest BCUT2D eigenvalue weighted by Crippen LogP contribution is 2.33. The highest BCUT2D eigenvalue weighted by Gasteiger charge is 2.21. The zero-order valence-electron chi connectivity index (χ0n) is 23.8. The molecule has 0 aliphatic carbocycles. The molecule has 4 aromatic heterocycles. The number of fused-ring (bicyclic) bond motifs is 3. The van der Waals surface area contributed by atoms with Gasteiger partial charge in [-0.15, -0.1) is 0 Å². The fourth-order valence-electron chi connectivity index (χ4n) is 5.62. The van der Waals surface area contributed by atoms with Gasteiger partial charge in [0.25, 0.3) is 5.56 Å². The van der Waals surface area contributed by atoms with E-state index >= 15 is 0 Å². The van der Waals surface area contributed by atoms with Crippen molar-refractivity contribution in [1.29, 1.82) is 0 Å². The van der Waals surface area contributed by atoms with Crippen molar-refractivity contribution in [3.05, 3.63) is 106 Å². The molecular weight excluding hydrogens is 526 g/mol. The van der Waals surface area contributed by atoms with Crippen LogP contribution in [0, 0.1) is 13.8 Å². The predicted octanol–water partition coefficient (Wildman–Crippen LogP) is 6.31. The minimum absolute atomic E-state index is 0.0711. The van der Waals surface area contributed by atoms with Crippen molar-refractivity contribution >= 4 is 38.7 Å². The van der Waals surface area contributed by atoms with Crippen LogP contribution in [0.2, 0.25) is 0 Å². The van der Waals surface area contributed by atoms with Crippen LogP contribution in [0.5, 0.6) is 0 Å². The molecule has 0 aliphatic rings. The maximum atomic E-state index is 14.1. The zero-order chi connectivity index (χ0) is 29.1. The quantitative estimate of drug-likeness (QED) is 0.264. The summed E-state index contributed by atoms with van der Waals surface area (Å²) in [5, 5.41) is 7.23. The molecule has 0 bridgehead atoms. The molecule has 3 aromatic carbocycles. The maximum absolute atomic E-state index is 14.1. The summed E-state index contributed by atoms with van der Waals surface area (Å²) < 4.78 is 9.50. The summed E-state index contributed by atoms with van der Waals surface area (Å²) in [6, 6.07) is 21.7. The van der Waals surface area contributed by atoms with E-state index in [9.17, 15) is 4.79 Å². The van der Waals surface area contributed by atoms with Gasteiger partial charge in [-0.2, -0.15) is 5.10 Å². The van der Waals surface area contributed by atoms with Crippen molar-refractivity contribution < 1.29 is 4.42 Å². The van der Waals surface area contributed by atoms with Gasteiger partial charge in [0.2, 0.25) is 0 Å². The Kier molecular flexibility index (Phi) is 5.90. The first-order chi connectivity index (χ1) is 20.3. The molecule has 0 unspecified atom stereocenters. The van der Waals surface area contributed by atoms with E-state index in [0.29, 0.717) is 39.4 Å². The van der Waals surface area contributed by atoms with Gasteiger partial charge in [-0.05, 0) is 60.7 Å². The molecule has 0 atom stereocenters. The largest absolute Gasteiger partial charge is 0.440 e. The number of pyridine rings is 1. The van der Waals surface area contributed by atoms with Crippen LogP contribution in [0.15, 0.2) is 82.3 Å². The van der Waals surface area contributed by atoms with Gasteiger partial charge in [-0.3, -0.25) is 9.36 Å². The summed E-state index contributed by atoms with van der Waals surface area (Å²) in [4.78, 5) is 27.6. The maximum Gasteiger partial charge on any atom is 0.263 e. The Hall–Kier alpha value is -5.31. The SMILES string of the molecule is Cc1ccccc1-n1c(Cn2nc(-c3ccc4oc(C(C)C)nc4c3)c3c(N)ncnc32)cc2cccc(C)c2c1=O. The third-order valence-electron chi connectivity index (χ3n) is 7.73. The Morgan fingerprint density at radius 2 is 1.74 bits per heavy atom. The standard InChI is InChI=1S/C33H29N7O2/c1-18(2)32-37-24-15-22(12-13-26(24)42-32)29-28-30(34)35-17-36-31(28)39(38-29)16-23-14-21-10-7-9-20(4)27(21)33(41)40(23)25-11-6-5-8-19(25)3/h5-15,17-18H,16H2,1-4H3,(H2,34,35,36). The van der Waals surface area contributed by atoms with Crippen LogP contribution in [-0.2, 0) is 6.54 Å². The summed E-state index contributed by atoms with van der Waals surface area (Å²) in [5.41, 5.74) is 13.4. The summed E-state index contributed by atoms with van der Waals surface area (Å²) in [6.07, 6.45) is 1.44. The van der Waals surface area contributed by atoms with E-state index in [2.05, 4.69) is 21.0 Å². The molecule has 0 saturated heterocycles. The van der Waals surface area contributed by atoms with E-state index in [4.69, 9.17) is 15.2 Å². The summed E-state index contributed by atoms with van der Waals surface area (Å²) in [5.74, 6) is 1.18. The summed E-state index contributed by atoms with van der Waals surface area (Å²) in [7, 11) is 0. The van der Waals surface area contributed by atoms with E-state index in [1.807, 2.05) is 88.4 Å². The van der Waals surface area contributed by atoms with Gasteiger partial charge < -0.3 is 10.2 Å². The first kappa shape index (κ1) is 25.6. The van der Waals surface area contributed by atoms with E-state index in [1.165, 1.54) is 6.33 Å². The van der Waals surface area contributed by atoms with Crippen molar-refractivity contribution in [2.24, 2.45) is 0 Å². The molecule has 7 aromatic rings. The number of para-hydroxylation sites is 1. The minimum Gasteiger partial charge on any atom is -0.440 e. The lowest BCUT2D eigenvalue weighted by molar-refractivity contribution is 0.501. The number of benzene rings is 3. The Labute approximate surface area is 241 Å². The van der Waals surface area contributed by atoms with Gasteiger partial charge in [0.15, 0.2) is 17.1 Å². The topological polar surface area (TPSA) is 118 Å². The Balaban J connectivity index is 1.45. The molecule has 0 aliphatic heterocycles. The average Bonchev–Trinajstić information content (AvgIpc) is 3.56. The lowest BCUT2D eigenvalue weighted by Crippen LogP contribution is -2.25. The second-order valence-corrected chi connectivity index (χ2v) is 11.0. The molecule has 0 amide bonds. The lowest BCUT2D eigenvalue weighted by atomic mass is 10.1. The molecule has 9 nitrogen and oxygen atoms in total. The van der Waals surface area contributed by atoms with Crippen LogP contribution in [0.3, 0.4) is 0 Å². The third-order valence-corrected chi connectivity index (χ3v) is 7.73. The monoisotopic (exact) mass is 555 g/mol. The fraction of sp³-hybridized carbons (Fsp3) is 0.182. The first-order valence-corrected chi connectivity index (χ1v) is 13.9. The highest BCUT2D eigenvalue weighted by molar-refractivity contribution is 5.99. The molecule has 9 heteroatoms. The van der Waals surface area contributed by atoms with Gasteiger partial charge >= 0.3 is 0 Å². The van der Waals surface area contributed by atoms with E-state index < -0.39 is 0 Å². The second-order valence-electron chi connectivity index (χ2n) is 11.0. The number of rotatable bonds is 5. The molecule has 7 rings (SSSR count). The van der Waals surface area contributed by atoms with E-state index in [-0.39, 0.29) is 18.0 Å². The number of oxazole rings is 1. The van der Waals surface area contributed by atoms with Crippen LogP contribution in [-0.4, -0.2) is 29.3 Å². The van der Waals surface area contributed by atoms with Gasteiger partial charge in [0.05, 0.1) is 23.0 Å². The highest BCUT2D eigenvalue weighted by atomic mass is 16.3. The fourth-order valence-corrected chi connectivity index (χ4v) is 5.62. The minimum atomic E-state index is -0.0711. The molecule has 0 radical (unpaired) electrons. The smallest absolute Gasteiger partial charge is 0.263 e. The van der Waals surface area contributed by atoms with Crippen molar-refractivity contribution in [3.63, 3.8) is 0 Å². The van der Waals surface area contributed by atoms with Gasteiger partial charge in [-0.1, -0.05) is 50.2 Å². The predicted molar refractivity (Wildman–Crippen MR) is 165 cm³/mol. The van der Waals surface area contributed by atoms with Crippen molar-refractivity contribution in [1.82, 2.24) is 29.3 Å². The number of nitrogen functional groups attached to an aromatic ring is 1. The number of nitrogens with two attached hydrogens (primary N) is 1. The Bertz CT molecular complexity index is 2220. The average molecular weight is 556 g/mol. The van der Waals surface area contributed by atoms with Crippen LogP contribution in [0.25, 0.3) is 49.9 Å². The molecule has 0 saturated carbocycles. The van der Waals surface area contributed by atoms with E-state index in [0.717, 1.165) is 39.0 Å². The van der Waals surface area contributed by atoms with Crippen LogP contribution in [0.1, 0.15) is 42.5 Å². The summed E-state index contributed by atoms with van der Waals surface area (Å²) >= 11 is 0. The zero-order valence-corrected chi connectivity index (χ0v) is 23.8. The van der Waals surface area contributed by atoms with Crippen LogP contribution in [0.4, 0.5) is 5.82 Å². The Morgan fingerprint density at radius 1 is 0.929 bits per heavy atom. The molecule has 208 valence electrons. The molecule has 4 heterocycles. The van der Waals surface area contributed by atoms with E-state index in [1.54, 1.807) is 9.25 Å². The number of nitrogens with zero attached hydrogens (tertiary/aromatic N) is 6. The number of aromatic nitrogens is 6. The van der Waals surface area contributed by atoms with Crippen molar-refractivity contribution in [2.45, 2.75) is 40.2 Å². The summed E-state index contributed by atoms with van der Waals surface area (Å²) in [6.45, 7) is 8.35. The van der Waals surface area contributed by atoms with Crippen LogP contribution < -0.4 is 11.3 Å². The lowest BCUT2D eigenvalue weighted by Gasteiger charge is -2.17. The van der Waals surface area contributed by atoms with Crippen molar-refractivity contribution in [2.75, 3.05) is 5.73 Å².